The predicted molar refractivity (Wildman–Crippen MR) is 177 cm³/mol. The molecule has 1 aromatic carbocycles. The number of amides is 1. The Morgan fingerprint density at radius 2 is 1.57 bits per heavy atom. The van der Waals surface area contributed by atoms with Crippen molar-refractivity contribution in [3.63, 3.8) is 0 Å². The Morgan fingerprint density at radius 3 is 2.17 bits per heavy atom. The van der Waals surface area contributed by atoms with Gasteiger partial charge >= 0.3 is 5.97 Å². The molecule has 2 aromatic heterocycles. The largest absolute Gasteiger partial charge is 0.465 e. The minimum atomic E-state index is -0.442. The normalized spacial score (nSPS) is 19.2. The van der Waals surface area contributed by atoms with E-state index < -0.39 is 11.9 Å². The molecule has 248 valence electrons. The summed E-state index contributed by atoms with van der Waals surface area (Å²) in [6, 6.07) is 9.40. The first-order chi connectivity index (χ1) is 22.5. The lowest BCUT2D eigenvalue weighted by Crippen LogP contribution is -2.46. The minimum Gasteiger partial charge on any atom is -0.465 e. The van der Waals surface area contributed by atoms with Crippen LogP contribution in [0.15, 0.2) is 49.1 Å². The number of carbonyl (C=O) groups excluding carboxylic acids is 2. The highest BCUT2D eigenvalue weighted by molar-refractivity contribution is 5.84. The number of nitrogens with zero attached hydrogens (tertiary/aromatic N) is 5. The number of carbonyl (C=O) groups is 2. The molecule has 0 unspecified atom stereocenters. The summed E-state index contributed by atoms with van der Waals surface area (Å²) in [6.45, 7) is 8.15. The van der Waals surface area contributed by atoms with Crippen LogP contribution < -0.4 is 0 Å². The second kappa shape index (κ2) is 15.4. The summed E-state index contributed by atoms with van der Waals surface area (Å²) in [5, 5.41) is 0. The number of nitrogens with one attached hydrogen (secondary N) is 2. The van der Waals surface area contributed by atoms with E-state index in [0.717, 1.165) is 29.8 Å². The molecule has 1 amide bonds. The van der Waals surface area contributed by atoms with Gasteiger partial charge in [-0.05, 0) is 75.2 Å². The fraction of sp³-hybridized carbons (Fsp3) is 0.611. The highest BCUT2D eigenvalue weighted by Gasteiger charge is 2.41. The van der Waals surface area contributed by atoms with E-state index >= 15 is 0 Å². The number of piperidine rings is 1. The molecule has 1 saturated carbocycles. The molecular weight excluding hydrogens is 578 g/mol. The van der Waals surface area contributed by atoms with Gasteiger partial charge < -0.3 is 24.5 Å². The molecule has 0 radical (unpaired) electrons. The first kappa shape index (κ1) is 32.4. The Kier molecular flexibility index (Phi) is 10.9. The summed E-state index contributed by atoms with van der Waals surface area (Å²) in [5.74, 6) is 0.479. The van der Waals surface area contributed by atoms with Gasteiger partial charge in [-0.3, -0.25) is 14.5 Å². The highest BCUT2D eigenvalue weighted by Crippen LogP contribution is 2.42. The fourth-order valence-electron chi connectivity index (χ4n) is 7.97. The van der Waals surface area contributed by atoms with Crippen LogP contribution in [0.5, 0.6) is 0 Å². The number of benzene rings is 1. The maximum Gasteiger partial charge on any atom is 0.325 e. The molecule has 2 saturated heterocycles. The summed E-state index contributed by atoms with van der Waals surface area (Å²) in [5.41, 5.74) is 2.77. The molecule has 3 aliphatic rings. The zero-order valence-electron chi connectivity index (χ0n) is 27.5. The molecule has 3 aromatic rings. The van der Waals surface area contributed by atoms with Gasteiger partial charge in [0.2, 0.25) is 5.91 Å². The smallest absolute Gasteiger partial charge is 0.325 e. The number of esters is 1. The van der Waals surface area contributed by atoms with Gasteiger partial charge in [0, 0.05) is 63.3 Å². The number of likely N-dealkylation sites (tertiary alicyclic amines) is 2. The van der Waals surface area contributed by atoms with Crippen molar-refractivity contribution in [2.75, 3.05) is 39.3 Å². The number of hydrogen-bond acceptors (Lipinski definition) is 7. The summed E-state index contributed by atoms with van der Waals surface area (Å²) in [6.07, 6.45) is 18.8. The number of rotatable bonds is 13. The molecule has 3 fully saturated rings. The first-order valence-corrected chi connectivity index (χ1v) is 17.4. The van der Waals surface area contributed by atoms with Crippen LogP contribution in [-0.4, -0.2) is 91.9 Å². The van der Waals surface area contributed by atoms with E-state index in [1.807, 2.05) is 0 Å². The van der Waals surface area contributed by atoms with Crippen LogP contribution in [0.2, 0.25) is 0 Å². The topological polar surface area (TPSA) is 110 Å². The Bertz CT molecular complexity index is 1320. The van der Waals surface area contributed by atoms with E-state index in [2.05, 4.69) is 54.0 Å². The molecule has 6 rings (SSSR count). The van der Waals surface area contributed by atoms with Crippen molar-refractivity contribution >= 4 is 11.9 Å². The van der Waals surface area contributed by atoms with E-state index in [0.29, 0.717) is 24.8 Å². The average Bonchev–Trinajstić information content (AvgIpc) is 3.86. The zero-order chi connectivity index (χ0) is 31.8. The SMILES string of the molecule is CCOC(=O)CN(Cc1ccc(CN2CCC3(CCN(C4CCCCC4)CC3)C2)cc1)C(=O)C(Cc1ncc[nH]1)Cc1ncc[nH]1. The third kappa shape index (κ3) is 8.45. The van der Waals surface area contributed by atoms with E-state index in [4.69, 9.17) is 4.74 Å². The van der Waals surface area contributed by atoms with Crippen LogP contribution in [-0.2, 0) is 40.3 Å². The van der Waals surface area contributed by atoms with Gasteiger partial charge in [0.15, 0.2) is 0 Å². The number of aromatic nitrogens is 4. The van der Waals surface area contributed by atoms with Gasteiger partial charge in [-0.1, -0.05) is 43.5 Å². The van der Waals surface area contributed by atoms with Crippen LogP contribution in [0.3, 0.4) is 0 Å². The van der Waals surface area contributed by atoms with E-state index in [1.54, 1.807) is 36.6 Å². The van der Waals surface area contributed by atoms with Gasteiger partial charge in [0.25, 0.3) is 0 Å². The van der Waals surface area contributed by atoms with Crippen molar-refractivity contribution in [2.24, 2.45) is 11.3 Å². The maximum atomic E-state index is 14.0. The van der Waals surface area contributed by atoms with E-state index in [9.17, 15) is 9.59 Å². The van der Waals surface area contributed by atoms with Crippen LogP contribution in [0.4, 0.5) is 0 Å². The summed E-state index contributed by atoms with van der Waals surface area (Å²) in [4.78, 5) is 48.6. The monoisotopic (exact) mass is 629 g/mol. The van der Waals surface area contributed by atoms with Crippen LogP contribution in [0.25, 0.3) is 0 Å². The van der Waals surface area contributed by atoms with Crippen LogP contribution >= 0.6 is 0 Å². The van der Waals surface area contributed by atoms with Crippen LogP contribution in [0, 0.1) is 11.3 Å². The molecular formula is C36H51N7O3. The van der Waals surface area contributed by atoms with Gasteiger partial charge in [-0.2, -0.15) is 0 Å². The van der Waals surface area contributed by atoms with Crippen molar-refractivity contribution in [3.8, 4) is 0 Å². The maximum absolute atomic E-state index is 14.0. The Labute approximate surface area is 273 Å². The molecule has 1 spiro atoms. The quantitative estimate of drug-likeness (QED) is 0.263. The second-order valence-electron chi connectivity index (χ2n) is 13.8. The summed E-state index contributed by atoms with van der Waals surface area (Å²) < 4.78 is 5.25. The molecule has 1 aliphatic carbocycles. The fourth-order valence-corrected chi connectivity index (χ4v) is 7.97. The van der Waals surface area contributed by atoms with Crippen LogP contribution in [0.1, 0.15) is 81.1 Å². The molecule has 10 nitrogen and oxygen atoms in total. The molecule has 0 bridgehead atoms. The number of hydrogen-bond donors (Lipinski definition) is 2. The number of ether oxygens (including phenoxy) is 1. The number of aromatic amines is 2. The van der Waals surface area contributed by atoms with Gasteiger partial charge in [-0.15, -0.1) is 0 Å². The first-order valence-electron chi connectivity index (χ1n) is 17.4. The molecule has 46 heavy (non-hydrogen) atoms. The summed E-state index contributed by atoms with van der Waals surface area (Å²) >= 11 is 0. The lowest BCUT2D eigenvalue weighted by Gasteiger charge is -2.43. The average molecular weight is 630 g/mol. The minimum absolute atomic E-state index is 0.102. The lowest BCUT2D eigenvalue weighted by molar-refractivity contribution is -0.150. The van der Waals surface area contributed by atoms with Gasteiger partial charge in [0.1, 0.15) is 18.2 Å². The number of H-pyrrole nitrogens is 2. The third-order valence-corrected chi connectivity index (χ3v) is 10.5. The standard InChI is InChI=1S/C36H51N7O3/c1-2-46-34(44)26-43(35(45)30(22-32-37-15-16-38-32)23-33-39-17-18-40-33)25-29-10-8-28(9-11-29)24-41-19-12-36(27-41)13-20-42(21-14-36)31-6-4-3-5-7-31/h8-11,15-18,30-31H,2-7,12-14,19-27H2,1H3,(H,37,38)(H,39,40). The molecule has 2 aliphatic heterocycles. The molecule has 2 N–H and O–H groups in total. The lowest BCUT2D eigenvalue weighted by atomic mass is 9.77. The predicted octanol–water partition coefficient (Wildman–Crippen LogP) is 4.75. The molecule has 0 atom stereocenters. The zero-order valence-corrected chi connectivity index (χ0v) is 27.5. The van der Waals surface area contributed by atoms with Gasteiger partial charge in [0.05, 0.1) is 12.5 Å². The molecule has 10 heteroatoms. The van der Waals surface area contributed by atoms with Crippen molar-refractivity contribution in [3.05, 3.63) is 71.8 Å². The van der Waals surface area contributed by atoms with Crippen molar-refractivity contribution in [1.82, 2.24) is 34.6 Å². The highest BCUT2D eigenvalue weighted by atomic mass is 16.5. The van der Waals surface area contributed by atoms with Crippen molar-refractivity contribution < 1.29 is 14.3 Å². The third-order valence-electron chi connectivity index (χ3n) is 10.5. The Morgan fingerprint density at radius 1 is 0.935 bits per heavy atom. The summed E-state index contributed by atoms with van der Waals surface area (Å²) in [7, 11) is 0. The van der Waals surface area contributed by atoms with Crippen molar-refractivity contribution in [1.29, 1.82) is 0 Å². The Balaban J connectivity index is 1.06. The van der Waals surface area contributed by atoms with Gasteiger partial charge in [-0.25, -0.2) is 9.97 Å². The molecule has 4 heterocycles. The van der Waals surface area contributed by atoms with Crippen molar-refractivity contribution in [2.45, 2.75) is 90.3 Å². The Hall–Kier alpha value is -3.50. The van der Waals surface area contributed by atoms with E-state index in [-0.39, 0.29) is 19.1 Å². The van der Waals surface area contributed by atoms with E-state index in [1.165, 1.54) is 83.1 Å². The number of imidazole rings is 2. The second-order valence-corrected chi connectivity index (χ2v) is 13.8.